The highest BCUT2D eigenvalue weighted by Crippen LogP contribution is 2.21. The molecule has 3 heteroatoms. The van der Waals surface area contributed by atoms with Crippen LogP contribution >= 0.6 is 0 Å². The van der Waals surface area contributed by atoms with Crippen LogP contribution < -0.4 is 10.1 Å². The maximum atomic E-state index is 5.20. The summed E-state index contributed by atoms with van der Waals surface area (Å²) < 4.78 is 5.20. The SMILES string of the molecule is COc1cccnc1NC(C)C(C)C. The Morgan fingerprint density at radius 1 is 1.36 bits per heavy atom. The number of hydrogen-bond donors (Lipinski definition) is 1. The molecular weight excluding hydrogens is 176 g/mol. The van der Waals surface area contributed by atoms with Crippen molar-refractivity contribution in [1.29, 1.82) is 0 Å². The molecule has 1 rings (SSSR count). The van der Waals surface area contributed by atoms with Gasteiger partial charge in [0.05, 0.1) is 7.11 Å². The molecule has 78 valence electrons. The maximum Gasteiger partial charge on any atom is 0.168 e. The summed E-state index contributed by atoms with van der Waals surface area (Å²) in [6, 6.07) is 4.16. The van der Waals surface area contributed by atoms with Gasteiger partial charge in [0.25, 0.3) is 0 Å². The van der Waals surface area contributed by atoms with Crippen LogP contribution in [0.15, 0.2) is 18.3 Å². The van der Waals surface area contributed by atoms with E-state index in [1.807, 2.05) is 12.1 Å². The summed E-state index contributed by atoms with van der Waals surface area (Å²) in [6.07, 6.45) is 1.76. The van der Waals surface area contributed by atoms with Gasteiger partial charge in [-0.2, -0.15) is 0 Å². The molecule has 0 spiro atoms. The van der Waals surface area contributed by atoms with Crippen molar-refractivity contribution >= 4 is 5.82 Å². The third-order valence-corrected chi connectivity index (χ3v) is 2.35. The Bertz CT molecular complexity index is 286. The lowest BCUT2D eigenvalue weighted by atomic mass is 10.1. The van der Waals surface area contributed by atoms with Crippen LogP contribution in [0.4, 0.5) is 5.82 Å². The quantitative estimate of drug-likeness (QED) is 0.799. The van der Waals surface area contributed by atoms with Crippen molar-refractivity contribution in [3.05, 3.63) is 18.3 Å². The van der Waals surface area contributed by atoms with Crippen molar-refractivity contribution in [2.24, 2.45) is 5.92 Å². The second-order valence-corrected chi connectivity index (χ2v) is 3.73. The fourth-order valence-electron chi connectivity index (χ4n) is 1.05. The highest BCUT2D eigenvalue weighted by Gasteiger charge is 2.10. The molecule has 1 heterocycles. The van der Waals surface area contributed by atoms with Crippen LogP contribution in [0.2, 0.25) is 0 Å². The first kappa shape index (κ1) is 10.8. The summed E-state index contributed by atoms with van der Waals surface area (Å²) in [6.45, 7) is 6.49. The summed E-state index contributed by atoms with van der Waals surface area (Å²) in [5.74, 6) is 2.18. The number of ether oxygens (including phenoxy) is 1. The molecule has 3 nitrogen and oxygen atoms in total. The van der Waals surface area contributed by atoms with E-state index in [1.54, 1.807) is 13.3 Å². The minimum atomic E-state index is 0.388. The highest BCUT2D eigenvalue weighted by molar-refractivity contribution is 5.49. The number of aromatic nitrogens is 1. The molecule has 1 unspecified atom stereocenters. The van der Waals surface area contributed by atoms with Gasteiger partial charge in [0.15, 0.2) is 11.6 Å². The first-order chi connectivity index (χ1) is 6.65. The van der Waals surface area contributed by atoms with Crippen molar-refractivity contribution in [3.63, 3.8) is 0 Å². The molecule has 0 fully saturated rings. The lowest BCUT2D eigenvalue weighted by Gasteiger charge is -2.19. The molecule has 1 atom stereocenters. The summed E-state index contributed by atoms with van der Waals surface area (Å²) in [5.41, 5.74) is 0. The molecule has 0 saturated heterocycles. The Morgan fingerprint density at radius 3 is 2.64 bits per heavy atom. The zero-order valence-electron chi connectivity index (χ0n) is 9.24. The number of methoxy groups -OCH3 is 1. The second kappa shape index (κ2) is 4.84. The van der Waals surface area contributed by atoms with Gasteiger partial charge < -0.3 is 10.1 Å². The van der Waals surface area contributed by atoms with Gasteiger partial charge in [-0.25, -0.2) is 4.98 Å². The number of anilines is 1. The number of rotatable bonds is 4. The zero-order chi connectivity index (χ0) is 10.6. The number of nitrogens with zero attached hydrogens (tertiary/aromatic N) is 1. The van der Waals surface area contributed by atoms with Gasteiger partial charge in [-0.05, 0) is 25.0 Å². The topological polar surface area (TPSA) is 34.1 Å². The van der Waals surface area contributed by atoms with E-state index < -0.39 is 0 Å². The lowest BCUT2D eigenvalue weighted by Crippen LogP contribution is -2.22. The molecule has 1 N–H and O–H groups in total. The van der Waals surface area contributed by atoms with Crippen molar-refractivity contribution in [1.82, 2.24) is 4.98 Å². The smallest absolute Gasteiger partial charge is 0.168 e. The van der Waals surface area contributed by atoms with E-state index in [9.17, 15) is 0 Å². The van der Waals surface area contributed by atoms with Crippen LogP contribution in [-0.4, -0.2) is 18.1 Å². The standard InChI is InChI=1S/C11H18N2O/c1-8(2)9(3)13-11-10(14-4)6-5-7-12-11/h5-9H,1-4H3,(H,12,13). The summed E-state index contributed by atoms with van der Waals surface area (Å²) in [7, 11) is 1.65. The van der Waals surface area contributed by atoms with Crippen molar-refractivity contribution < 1.29 is 4.74 Å². The van der Waals surface area contributed by atoms with Crippen molar-refractivity contribution in [3.8, 4) is 5.75 Å². The van der Waals surface area contributed by atoms with Gasteiger partial charge in [-0.15, -0.1) is 0 Å². The van der Waals surface area contributed by atoms with Gasteiger partial charge in [-0.3, -0.25) is 0 Å². The van der Waals surface area contributed by atoms with Gasteiger partial charge in [0, 0.05) is 12.2 Å². The zero-order valence-corrected chi connectivity index (χ0v) is 9.24. The third-order valence-electron chi connectivity index (χ3n) is 2.35. The summed E-state index contributed by atoms with van der Waals surface area (Å²) >= 11 is 0. The normalized spacial score (nSPS) is 12.6. The molecule has 0 aliphatic heterocycles. The minimum absolute atomic E-state index is 0.388. The van der Waals surface area contributed by atoms with E-state index >= 15 is 0 Å². The van der Waals surface area contributed by atoms with E-state index in [0.717, 1.165) is 11.6 Å². The van der Waals surface area contributed by atoms with E-state index in [1.165, 1.54) is 0 Å². The first-order valence-corrected chi connectivity index (χ1v) is 4.90. The molecule has 0 saturated carbocycles. The number of nitrogens with one attached hydrogen (secondary N) is 1. The molecule has 0 amide bonds. The minimum Gasteiger partial charge on any atom is -0.493 e. The maximum absolute atomic E-state index is 5.20. The Balaban J connectivity index is 2.75. The molecule has 1 aromatic rings. The van der Waals surface area contributed by atoms with Crippen LogP contribution in [0.5, 0.6) is 5.75 Å². The van der Waals surface area contributed by atoms with Gasteiger partial charge >= 0.3 is 0 Å². The molecule has 0 bridgehead atoms. The Morgan fingerprint density at radius 2 is 2.07 bits per heavy atom. The Kier molecular flexibility index (Phi) is 3.74. The summed E-state index contributed by atoms with van der Waals surface area (Å²) in [4.78, 5) is 4.24. The largest absolute Gasteiger partial charge is 0.493 e. The molecule has 0 aliphatic rings. The molecule has 1 aromatic heterocycles. The predicted octanol–water partition coefficient (Wildman–Crippen LogP) is 2.55. The predicted molar refractivity (Wildman–Crippen MR) is 58.7 cm³/mol. The van der Waals surface area contributed by atoms with E-state index in [0.29, 0.717) is 12.0 Å². The van der Waals surface area contributed by atoms with Gasteiger partial charge in [-0.1, -0.05) is 13.8 Å². The molecule has 0 aromatic carbocycles. The van der Waals surface area contributed by atoms with Crippen molar-refractivity contribution in [2.75, 3.05) is 12.4 Å². The van der Waals surface area contributed by atoms with E-state index in [4.69, 9.17) is 4.74 Å². The number of hydrogen-bond acceptors (Lipinski definition) is 3. The Labute approximate surface area is 85.5 Å². The third kappa shape index (κ3) is 2.62. The van der Waals surface area contributed by atoms with Crippen molar-refractivity contribution in [2.45, 2.75) is 26.8 Å². The highest BCUT2D eigenvalue weighted by atomic mass is 16.5. The number of pyridine rings is 1. The van der Waals surface area contributed by atoms with Gasteiger partial charge in [0.1, 0.15) is 0 Å². The summed E-state index contributed by atoms with van der Waals surface area (Å²) in [5, 5.41) is 3.32. The van der Waals surface area contributed by atoms with Gasteiger partial charge in [0.2, 0.25) is 0 Å². The second-order valence-electron chi connectivity index (χ2n) is 3.73. The fraction of sp³-hybridized carbons (Fsp3) is 0.545. The Hall–Kier alpha value is -1.25. The van der Waals surface area contributed by atoms with Crippen LogP contribution in [0.3, 0.4) is 0 Å². The van der Waals surface area contributed by atoms with E-state index in [2.05, 4.69) is 31.1 Å². The monoisotopic (exact) mass is 194 g/mol. The van der Waals surface area contributed by atoms with E-state index in [-0.39, 0.29) is 0 Å². The van der Waals surface area contributed by atoms with Crippen LogP contribution in [0.25, 0.3) is 0 Å². The molecule has 14 heavy (non-hydrogen) atoms. The first-order valence-electron chi connectivity index (χ1n) is 4.90. The average molecular weight is 194 g/mol. The fourth-order valence-corrected chi connectivity index (χ4v) is 1.05. The lowest BCUT2D eigenvalue weighted by molar-refractivity contribution is 0.413. The molecular formula is C11H18N2O. The average Bonchev–Trinajstić information content (AvgIpc) is 2.18. The van der Waals surface area contributed by atoms with Crippen LogP contribution in [0.1, 0.15) is 20.8 Å². The van der Waals surface area contributed by atoms with Crippen LogP contribution in [-0.2, 0) is 0 Å². The molecule has 0 aliphatic carbocycles. The molecule has 0 radical (unpaired) electrons. The van der Waals surface area contributed by atoms with Crippen LogP contribution in [0, 0.1) is 5.92 Å².